The first kappa shape index (κ1) is 25.4. The molecular formula is C29H23BrN4OS3. The van der Waals surface area contributed by atoms with Gasteiger partial charge in [0.15, 0.2) is 5.16 Å². The largest absolute Gasteiger partial charge is 0.383 e. The smallest absolute Gasteiger partial charge is 0.234 e. The van der Waals surface area contributed by atoms with Crippen molar-refractivity contribution in [2.75, 3.05) is 16.8 Å². The van der Waals surface area contributed by atoms with Crippen LogP contribution >= 0.6 is 50.8 Å². The maximum Gasteiger partial charge on any atom is 0.234 e. The summed E-state index contributed by atoms with van der Waals surface area (Å²) in [6.45, 7) is 0. The van der Waals surface area contributed by atoms with Crippen LogP contribution in [0.15, 0.2) is 94.6 Å². The number of aromatic nitrogens is 2. The van der Waals surface area contributed by atoms with Crippen molar-refractivity contribution in [2.45, 2.75) is 22.1 Å². The highest BCUT2D eigenvalue weighted by Gasteiger charge is 2.34. The molecule has 0 saturated heterocycles. The summed E-state index contributed by atoms with van der Waals surface area (Å²) in [7, 11) is 0. The minimum Gasteiger partial charge on any atom is -0.383 e. The van der Waals surface area contributed by atoms with Crippen molar-refractivity contribution in [3.05, 3.63) is 111 Å². The standard InChI is InChI=1S/C29H23BrN4OS3/c30-19-11-13-20(14-12-19)32-23(35)16-36-29-33-27(31)24-21-15-22(17-7-3-1-4-8-17)37-25(18-9-5-2-6-10-18)26(21)38-28(24)34-29/h1-14,22,25H,15-16H2,(H,32,35)(H2,31,33,34)/t22-,25-/m1/s1. The number of thioether (sulfide) groups is 2. The van der Waals surface area contributed by atoms with Crippen molar-refractivity contribution < 1.29 is 4.79 Å². The molecule has 0 radical (unpaired) electrons. The molecule has 3 N–H and O–H groups in total. The number of carbonyl (C=O) groups is 1. The van der Waals surface area contributed by atoms with E-state index in [-0.39, 0.29) is 16.9 Å². The van der Waals surface area contributed by atoms with E-state index in [1.807, 2.05) is 36.0 Å². The Morgan fingerprint density at radius 3 is 2.37 bits per heavy atom. The summed E-state index contributed by atoms with van der Waals surface area (Å²) in [4.78, 5) is 24.2. The second-order valence-corrected chi connectivity index (χ2v) is 13.1. The van der Waals surface area contributed by atoms with Crippen LogP contribution in [0.25, 0.3) is 10.2 Å². The SMILES string of the molecule is Nc1nc(SCC(=O)Nc2ccc(Br)cc2)nc2sc3c(c12)C[C@H](c1ccccc1)S[C@@H]3c1ccccc1. The third-order valence-electron chi connectivity index (χ3n) is 6.35. The Kier molecular flexibility index (Phi) is 7.43. The van der Waals surface area contributed by atoms with Crippen molar-refractivity contribution in [1.29, 1.82) is 0 Å². The lowest BCUT2D eigenvalue weighted by molar-refractivity contribution is -0.113. The van der Waals surface area contributed by atoms with Gasteiger partial charge in [-0.25, -0.2) is 9.97 Å². The van der Waals surface area contributed by atoms with Crippen molar-refractivity contribution in [1.82, 2.24) is 9.97 Å². The number of hydrogen-bond acceptors (Lipinski definition) is 7. The van der Waals surface area contributed by atoms with E-state index in [0.29, 0.717) is 16.2 Å². The van der Waals surface area contributed by atoms with E-state index in [4.69, 9.17) is 10.7 Å². The molecule has 9 heteroatoms. The first-order chi connectivity index (χ1) is 18.5. The predicted octanol–water partition coefficient (Wildman–Crippen LogP) is 7.89. The molecule has 0 saturated carbocycles. The topological polar surface area (TPSA) is 80.9 Å². The Balaban J connectivity index is 1.30. The molecule has 6 rings (SSSR count). The first-order valence-electron chi connectivity index (χ1n) is 12.1. The summed E-state index contributed by atoms with van der Waals surface area (Å²) in [6, 6.07) is 28.8. The van der Waals surface area contributed by atoms with E-state index < -0.39 is 0 Å². The zero-order valence-corrected chi connectivity index (χ0v) is 24.2. The molecule has 3 aromatic carbocycles. The van der Waals surface area contributed by atoms with Crippen LogP contribution in [0.5, 0.6) is 0 Å². The number of halogens is 1. The van der Waals surface area contributed by atoms with E-state index in [2.05, 4.69) is 86.9 Å². The third kappa shape index (κ3) is 5.33. The van der Waals surface area contributed by atoms with E-state index in [0.717, 1.165) is 26.8 Å². The maximum absolute atomic E-state index is 12.5. The molecule has 3 heterocycles. The summed E-state index contributed by atoms with van der Waals surface area (Å²) in [5.74, 6) is 0.565. The number of nitrogens with zero attached hydrogens (tertiary/aromatic N) is 2. The lowest BCUT2D eigenvalue weighted by Gasteiger charge is -2.30. The second-order valence-electron chi connectivity index (χ2n) is 8.89. The van der Waals surface area contributed by atoms with Crippen LogP contribution in [0.3, 0.4) is 0 Å². The van der Waals surface area contributed by atoms with Gasteiger partial charge in [0.25, 0.3) is 0 Å². The predicted molar refractivity (Wildman–Crippen MR) is 164 cm³/mol. The van der Waals surface area contributed by atoms with Crippen LogP contribution in [-0.4, -0.2) is 21.6 Å². The molecule has 2 atom stereocenters. The monoisotopic (exact) mass is 618 g/mol. The van der Waals surface area contributed by atoms with Crippen LogP contribution in [0.4, 0.5) is 11.5 Å². The number of carbonyl (C=O) groups excluding carboxylic acids is 1. The number of hydrogen-bond donors (Lipinski definition) is 2. The zero-order chi connectivity index (χ0) is 26.1. The normalized spacial score (nSPS) is 16.8. The molecule has 1 aliphatic heterocycles. The van der Waals surface area contributed by atoms with Crippen LogP contribution in [0.1, 0.15) is 32.1 Å². The van der Waals surface area contributed by atoms with Gasteiger partial charge in [-0.2, -0.15) is 0 Å². The van der Waals surface area contributed by atoms with Gasteiger partial charge in [0.1, 0.15) is 10.6 Å². The van der Waals surface area contributed by atoms with Gasteiger partial charge in [-0.15, -0.1) is 23.1 Å². The first-order valence-corrected chi connectivity index (χ1v) is 15.6. The number of anilines is 2. The maximum atomic E-state index is 12.5. The molecule has 0 fully saturated rings. The Labute approximate surface area is 241 Å². The Morgan fingerprint density at radius 1 is 0.974 bits per heavy atom. The summed E-state index contributed by atoms with van der Waals surface area (Å²) < 4.78 is 0.962. The van der Waals surface area contributed by atoms with Crippen LogP contribution in [-0.2, 0) is 11.2 Å². The van der Waals surface area contributed by atoms with Crippen LogP contribution in [0, 0.1) is 0 Å². The van der Waals surface area contributed by atoms with E-state index in [1.54, 1.807) is 11.3 Å². The molecule has 38 heavy (non-hydrogen) atoms. The highest BCUT2D eigenvalue weighted by Crippen LogP contribution is 2.55. The van der Waals surface area contributed by atoms with E-state index in [1.165, 1.54) is 33.3 Å². The fraction of sp³-hybridized carbons (Fsp3) is 0.138. The number of nitrogens with two attached hydrogens (primary N) is 1. The summed E-state index contributed by atoms with van der Waals surface area (Å²) in [5, 5.41) is 4.88. The number of nitrogen functional groups attached to an aromatic ring is 1. The van der Waals surface area contributed by atoms with Crippen LogP contribution < -0.4 is 11.1 Å². The molecule has 0 unspecified atom stereocenters. The van der Waals surface area contributed by atoms with E-state index in [9.17, 15) is 4.79 Å². The fourth-order valence-corrected chi connectivity index (χ4v) is 8.60. The van der Waals surface area contributed by atoms with Gasteiger partial charge >= 0.3 is 0 Å². The lowest BCUT2D eigenvalue weighted by atomic mass is 9.98. The number of amides is 1. The average molecular weight is 620 g/mol. The second kappa shape index (κ2) is 11.1. The van der Waals surface area contributed by atoms with Gasteiger partial charge in [0.2, 0.25) is 5.91 Å². The summed E-state index contributed by atoms with van der Waals surface area (Å²) >= 11 is 8.38. The van der Waals surface area contributed by atoms with Gasteiger partial charge in [-0.05, 0) is 47.4 Å². The number of benzene rings is 3. The molecule has 2 aromatic heterocycles. The van der Waals surface area contributed by atoms with Gasteiger partial charge in [-0.1, -0.05) is 88.4 Å². The quantitative estimate of drug-likeness (QED) is 0.149. The van der Waals surface area contributed by atoms with E-state index >= 15 is 0 Å². The molecular weight excluding hydrogens is 596 g/mol. The molecule has 190 valence electrons. The number of thiophene rings is 1. The van der Waals surface area contributed by atoms with Crippen molar-refractivity contribution >= 4 is 78.4 Å². The van der Waals surface area contributed by atoms with Crippen LogP contribution in [0.2, 0.25) is 0 Å². The summed E-state index contributed by atoms with van der Waals surface area (Å²) in [5.41, 5.74) is 11.1. The summed E-state index contributed by atoms with van der Waals surface area (Å²) in [6.07, 6.45) is 0.878. The Morgan fingerprint density at radius 2 is 1.66 bits per heavy atom. The highest BCUT2D eigenvalue weighted by atomic mass is 79.9. The van der Waals surface area contributed by atoms with Crippen molar-refractivity contribution in [3.8, 4) is 0 Å². The molecule has 0 bridgehead atoms. The lowest BCUT2D eigenvalue weighted by Crippen LogP contribution is -2.14. The molecule has 5 nitrogen and oxygen atoms in total. The third-order valence-corrected chi connectivity index (χ3v) is 10.6. The highest BCUT2D eigenvalue weighted by molar-refractivity contribution is 9.10. The Bertz CT molecular complexity index is 1590. The minimum atomic E-state index is -0.115. The zero-order valence-electron chi connectivity index (χ0n) is 20.1. The molecule has 1 amide bonds. The minimum absolute atomic E-state index is 0.115. The molecule has 0 spiro atoms. The average Bonchev–Trinajstić information content (AvgIpc) is 3.32. The van der Waals surface area contributed by atoms with Crippen molar-refractivity contribution in [2.24, 2.45) is 0 Å². The number of nitrogens with one attached hydrogen (secondary N) is 1. The molecule has 1 aliphatic rings. The molecule has 0 aliphatic carbocycles. The fourth-order valence-electron chi connectivity index (χ4n) is 4.60. The number of rotatable bonds is 6. The molecule has 5 aromatic rings. The Hall–Kier alpha value is -2.85. The number of fused-ring (bicyclic) bond motifs is 3. The van der Waals surface area contributed by atoms with Gasteiger partial charge < -0.3 is 11.1 Å². The van der Waals surface area contributed by atoms with Gasteiger partial charge in [0.05, 0.1) is 16.4 Å². The van der Waals surface area contributed by atoms with Gasteiger partial charge in [0, 0.05) is 20.3 Å². The van der Waals surface area contributed by atoms with Gasteiger partial charge in [-0.3, -0.25) is 4.79 Å². The van der Waals surface area contributed by atoms with Crippen molar-refractivity contribution in [3.63, 3.8) is 0 Å².